The van der Waals surface area contributed by atoms with Crippen LogP contribution in [0.15, 0.2) is 12.1 Å². The number of hydrogen-bond acceptors (Lipinski definition) is 4. The maximum absolute atomic E-state index is 12.1. The Morgan fingerprint density at radius 3 is 2.53 bits per heavy atom. The van der Waals surface area contributed by atoms with Crippen molar-refractivity contribution in [2.75, 3.05) is 13.1 Å². The average molecular weight is 269 g/mol. The zero-order chi connectivity index (χ0) is 14.6. The number of carboxylic acids is 1. The second-order valence-electron chi connectivity index (χ2n) is 4.01. The number of rotatable bonds is 6. The first-order valence-electron chi connectivity index (χ1n) is 5.69. The Balaban J connectivity index is 3.02. The predicted octanol–water partition coefficient (Wildman–Crippen LogP) is 0.870. The second kappa shape index (κ2) is 5.98. The van der Waals surface area contributed by atoms with Crippen LogP contribution in [-0.4, -0.2) is 44.5 Å². The summed E-state index contributed by atoms with van der Waals surface area (Å²) < 4.78 is 1.15. The number of nitrogens with zero attached hydrogens (tertiary/aromatic N) is 3. The minimum absolute atomic E-state index is 0.0985. The van der Waals surface area contributed by atoms with Crippen molar-refractivity contribution in [3.05, 3.63) is 27.9 Å². The van der Waals surface area contributed by atoms with Crippen LogP contribution in [0.4, 0.5) is 5.82 Å². The van der Waals surface area contributed by atoms with Crippen LogP contribution in [-0.2, 0) is 11.8 Å². The van der Waals surface area contributed by atoms with Gasteiger partial charge in [0.05, 0.1) is 7.05 Å². The van der Waals surface area contributed by atoms with E-state index in [-0.39, 0.29) is 18.1 Å². The molecule has 1 amide bonds. The van der Waals surface area contributed by atoms with Gasteiger partial charge in [-0.15, -0.1) is 0 Å². The standard InChI is InChI=1S/C11H15N3O5/c1-3-6-13(7-10(15)16)11(17)8-4-5-9(12(8)2)14(18)19/h4-5H,3,6-7H2,1-2H3,(H,15,16). The summed E-state index contributed by atoms with van der Waals surface area (Å²) in [6, 6.07) is 2.54. The molecule has 0 bridgehead atoms. The summed E-state index contributed by atoms with van der Waals surface area (Å²) in [6.45, 7) is 1.67. The SMILES string of the molecule is CCCN(CC(=O)O)C(=O)c1ccc([N+](=O)[O-])n1C. The largest absolute Gasteiger partial charge is 0.480 e. The Morgan fingerprint density at radius 2 is 2.11 bits per heavy atom. The van der Waals surface area contributed by atoms with Crippen molar-refractivity contribution in [2.24, 2.45) is 7.05 Å². The Bertz CT molecular complexity index is 508. The van der Waals surface area contributed by atoms with Crippen LogP contribution >= 0.6 is 0 Å². The highest BCUT2D eigenvalue weighted by Gasteiger charge is 2.25. The van der Waals surface area contributed by atoms with Crippen molar-refractivity contribution in [3.63, 3.8) is 0 Å². The molecule has 0 saturated carbocycles. The first-order chi connectivity index (χ1) is 8.88. The summed E-state index contributed by atoms with van der Waals surface area (Å²) in [5.41, 5.74) is 0.0985. The third-order valence-electron chi connectivity index (χ3n) is 2.61. The molecule has 0 aliphatic heterocycles. The Morgan fingerprint density at radius 1 is 1.47 bits per heavy atom. The number of aliphatic carboxylic acids is 1. The molecule has 0 radical (unpaired) electrons. The third kappa shape index (κ3) is 3.30. The van der Waals surface area contributed by atoms with Gasteiger partial charge in [-0.25, -0.2) is 4.57 Å². The Kier molecular flexibility index (Phi) is 4.62. The Hall–Kier alpha value is -2.38. The minimum atomic E-state index is -1.12. The van der Waals surface area contributed by atoms with E-state index in [0.29, 0.717) is 6.42 Å². The van der Waals surface area contributed by atoms with Crippen LogP contribution in [0.5, 0.6) is 0 Å². The zero-order valence-corrected chi connectivity index (χ0v) is 10.7. The molecule has 0 aromatic carbocycles. The fourth-order valence-corrected chi connectivity index (χ4v) is 1.75. The number of carbonyl (C=O) groups excluding carboxylic acids is 1. The summed E-state index contributed by atoms with van der Waals surface area (Å²) in [5.74, 6) is -1.86. The molecule has 0 unspecified atom stereocenters. The molecule has 0 fully saturated rings. The van der Waals surface area contributed by atoms with Crippen molar-refractivity contribution in [1.82, 2.24) is 9.47 Å². The van der Waals surface area contributed by atoms with E-state index in [0.717, 1.165) is 9.47 Å². The van der Waals surface area contributed by atoms with Crippen molar-refractivity contribution in [2.45, 2.75) is 13.3 Å². The van der Waals surface area contributed by atoms with E-state index in [1.165, 1.54) is 19.2 Å². The second-order valence-corrected chi connectivity index (χ2v) is 4.01. The highest BCUT2D eigenvalue weighted by atomic mass is 16.6. The topological polar surface area (TPSA) is 106 Å². The number of carbonyl (C=O) groups is 2. The van der Waals surface area contributed by atoms with Crippen LogP contribution in [0.3, 0.4) is 0 Å². The van der Waals surface area contributed by atoms with E-state index in [4.69, 9.17) is 5.11 Å². The maximum Gasteiger partial charge on any atom is 0.323 e. The summed E-state index contributed by atoms with van der Waals surface area (Å²) in [4.78, 5) is 34.1. The van der Waals surface area contributed by atoms with E-state index in [9.17, 15) is 19.7 Å². The summed E-state index contributed by atoms with van der Waals surface area (Å²) in [5, 5.41) is 19.5. The lowest BCUT2D eigenvalue weighted by Gasteiger charge is -2.18. The van der Waals surface area contributed by atoms with Gasteiger partial charge in [-0.3, -0.25) is 9.59 Å². The molecule has 1 heterocycles. The van der Waals surface area contributed by atoms with E-state index in [1.54, 1.807) is 0 Å². The molecule has 0 saturated heterocycles. The number of hydrogen-bond donors (Lipinski definition) is 1. The highest BCUT2D eigenvalue weighted by Crippen LogP contribution is 2.16. The van der Waals surface area contributed by atoms with Gasteiger partial charge in [-0.1, -0.05) is 6.92 Å². The van der Waals surface area contributed by atoms with Gasteiger partial charge in [0.2, 0.25) is 0 Å². The van der Waals surface area contributed by atoms with Gasteiger partial charge in [0, 0.05) is 12.6 Å². The van der Waals surface area contributed by atoms with Crippen LogP contribution in [0, 0.1) is 10.1 Å². The minimum Gasteiger partial charge on any atom is -0.480 e. The summed E-state index contributed by atoms with van der Waals surface area (Å²) in [7, 11) is 1.40. The molecular formula is C11H15N3O5. The van der Waals surface area contributed by atoms with Gasteiger partial charge >= 0.3 is 11.8 Å². The van der Waals surface area contributed by atoms with Crippen molar-refractivity contribution < 1.29 is 19.6 Å². The summed E-state index contributed by atoms with van der Waals surface area (Å²) in [6.07, 6.45) is 0.603. The quantitative estimate of drug-likeness (QED) is 0.609. The number of amides is 1. The molecule has 1 rings (SSSR count). The van der Waals surface area contributed by atoms with Gasteiger partial charge in [-0.2, -0.15) is 0 Å². The van der Waals surface area contributed by atoms with Gasteiger partial charge < -0.3 is 20.1 Å². The van der Waals surface area contributed by atoms with E-state index in [1.807, 2.05) is 6.92 Å². The van der Waals surface area contributed by atoms with Crippen LogP contribution in [0.25, 0.3) is 0 Å². The highest BCUT2D eigenvalue weighted by molar-refractivity contribution is 5.95. The summed E-state index contributed by atoms with van der Waals surface area (Å²) >= 11 is 0. The molecule has 8 nitrogen and oxygen atoms in total. The third-order valence-corrected chi connectivity index (χ3v) is 2.61. The van der Waals surface area contributed by atoms with Gasteiger partial charge in [0.1, 0.15) is 6.54 Å². The average Bonchev–Trinajstić information content (AvgIpc) is 2.69. The fraction of sp³-hybridized carbons (Fsp3) is 0.455. The van der Waals surface area contributed by atoms with Crippen LogP contribution in [0.2, 0.25) is 0 Å². The molecule has 1 aromatic rings. The van der Waals surface area contributed by atoms with E-state index >= 15 is 0 Å². The predicted molar refractivity (Wildman–Crippen MR) is 65.9 cm³/mol. The molecule has 0 atom stereocenters. The number of carboxylic acid groups (broad SMARTS) is 1. The molecule has 8 heteroatoms. The normalized spacial score (nSPS) is 10.2. The van der Waals surface area contributed by atoms with Crippen LogP contribution in [0.1, 0.15) is 23.8 Å². The molecule has 0 aliphatic carbocycles. The van der Waals surface area contributed by atoms with E-state index in [2.05, 4.69) is 0 Å². The molecule has 19 heavy (non-hydrogen) atoms. The first kappa shape index (κ1) is 14.7. The lowest BCUT2D eigenvalue weighted by Crippen LogP contribution is -2.37. The molecule has 0 aliphatic rings. The van der Waals surface area contributed by atoms with Gasteiger partial charge in [-0.05, 0) is 17.4 Å². The first-order valence-corrected chi connectivity index (χ1v) is 5.69. The smallest absolute Gasteiger partial charge is 0.323 e. The van der Waals surface area contributed by atoms with Crippen molar-refractivity contribution in [3.8, 4) is 0 Å². The lowest BCUT2D eigenvalue weighted by atomic mass is 10.3. The molecule has 0 spiro atoms. The molecular weight excluding hydrogens is 254 g/mol. The number of aromatic nitrogens is 1. The lowest BCUT2D eigenvalue weighted by molar-refractivity contribution is -0.391. The van der Waals surface area contributed by atoms with Crippen molar-refractivity contribution >= 4 is 17.7 Å². The maximum atomic E-state index is 12.1. The number of nitro groups is 1. The van der Waals surface area contributed by atoms with Gasteiger partial charge in [0.15, 0.2) is 5.69 Å². The van der Waals surface area contributed by atoms with Crippen LogP contribution < -0.4 is 0 Å². The van der Waals surface area contributed by atoms with E-state index < -0.39 is 23.3 Å². The van der Waals surface area contributed by atoms with Gasteiger partial charge in [0.25, 0.3) is 5.91 Å². The zero-order valence-electron chi connectivity index (χ0n) is 10.7. The monoisotopic (exact) mass is 269 g/mol. The molecule has 104 valence electrons. The fourth-order valence-electron chi connectivity index (χ4n) is 1.75. The Labute approximate surface area is 109 Å². The molecule has 1 N–H and O–H groups in total. The van der Waals surface area contributed by atoms with Crippen molar-refractivity contribution in [1.29, 1.82) is 0 Å². The molecule has 1 aromatic heterocycles.